The van der Waals surface area contributed by atoms with Crippen LogP contribution in [0.25, 0.3) is 0 Å². The molecule has 0 radical (unpaired) electrons. The van der Waals surface area contributed by atoms with Gasteiger partial charge in [0.25, 0.3) is 0 Å². The molecule has 156 valence electrons. The Labute approximate surface area is 164 Å². The second-order valence-corrected chi connectivity index (χ2v) is 8.56. The second-order valence-electron chi connectivity index (χ2n) is 8.56. The van der Waals surface area contributed by atoms with Crippen molar-refractivity contribution in [2.45, 2.75) is 47.1 Å². The molecule has 1 aromatic carbocycles. The topological polar surface area (TPSA) is 136 Å². The number of ether oxygens (including phenoxy) is 2. The van der Waals surface area contributed by atoms with Gasteiger partial charge in [0, 0.05) is 16.9 Å². The van der Waals surface area contributed by atoms with Crippen molar-refractivity contribution in [1.82, 2.24) is 0 Å². The third-order valence-corrected chi connectivity index (χ3v) is 4.47. The molecule has 0 aliphatic heterocycles. The quantitative estimate of drug-likeness (QED) is 0.571. The van der Waals surface area contributed by atoms with E-state index < -0.39 is 40.8 Å². The van der Waals surface area contributed by atoms with E-state index >= 15 is 0 Å². The van der Waals surface area contributed by atoms with Gasteiger partial charge in [0.2, 0.25) is 5.60 Å². The molecule has 8 heteroatoms. The standard InChI is InChI=1S/C20H29NO7/c1-18(2,3)20(17(25)26,19(4,5)6)28-12-7-8-13(14(22)10-21)15(9-12)27-11-16(23)24/h7-9H,10-11,21H2,1-6H3,(H,23,24)(H,25,26). The van der Waals surface area contributed by atoms with Gasteiger partial charge in [0.1, 0.15) is 11.5 Å². The van der Waals surface area contributed by atoms with E-state index in [1.807, 2.05) is 0 Å². The van der Waals surface area contributed by atoms with Crippen LogP contribution in [-0.2, 0) is 9.59 Å². The highest BCUT2D eigenvalue weighted by Crippen LogP contribution is 2.47. The molecule has 0 aliphatic rings. The molecule has 28 heavy (non-hydrogen) atoms. The fraction of sp³-hybridized carbons (Fsp3) is 0.550. The number of hydrogen-bond acceptors (Lipinski definition) is 6. The molecule has 0 atom stereocenters. The Hall–Kier alpha value is -2.61. The predicted octanol–water partition coefficient (Wildman–Crippen LogP) is 2.59. The van der Waals surface area contributed by atoms with Crippen molar-refractivity contribution in [2.24, 2.45) is 16.6 Å². The van der Waals surface area contributed by atoms with E-state index in [9.17, 15) is 19.5 Å². The van der Waals surface area contributed by atoms with Crippen molar-refractivity contribution in [2.75, 3.05) is 13.2 Å². The van der Waals surface area contributed by atoms with Crippen LogP contribution in [0.3, 0.4) is 0 Å². The van der Waals surface area contributed by atoms with Gasteiger partial charge in [-0.2, -0.15) is 0 Å². The zero-order valence-electron chi connectivity index (χ0n) is 17.2. The first-order chi connectivity index (χ1) is 12.7. The Balaban J connectivity index is 3.53. The lowest BCUT2D eigenvalue weighted by molar-refractivity contribution is -0.184. The molecule has 0 heterocycles. The molecule has 0 aromatic heterocycles. The van der Waals surface area contributed by atoms with Crippen molar-refractivity contribution >= 4 is 17.7 Å². The minimum Gasteiger partial charge on any atom is -0.481 e. The van der Waals surface area contributed by atoms with Gasteiger partial charge in [0.05, 0.1) is 12.1 Å². The van der Waals surface area contributed by atoms with Crippen LogP contribution >= 0.6 is 0 Å². The normalized spacial score (nSPS) is 12.4. The number of carbonyl (C=O) groups excluding carboxylic acids is 1. The summed E-state index contributed by atoms with van der Waals surface area (Å²) in [6, 6.07) is 4.16. The van der Waals surface area contributed by atoms with Crippen molar-refractivity contribution in [3.8, 4) is 11.5 Å². The average molecular weight is 395 g/mol. The molecule has 0 bridgehead atoms. The molecule has 0 unspecified atom stereocenters. The van der Waals surface area contributed by atoms with Crippen LogP contribution in [0.4, 0.5) is 0 Å². The number of Topliss-reactive ketones (excluding diaryl/α,β-unsaturated/α-hetero) is 1. The summed E-state index contributed by atoms with van der Waals surface area (Å²) in [6.07, 6.45) is 0. The maximum absolute atomic E-state index is 12.3. The molecule has 0 saturated heterocycles. The van der Waals surface area contributed by atoms with Crippen LogP contribution in [0, 0.1) is 10.8 Å². The van der Waals surface area contributed by atoms with Crippen molar-refractivity contribution in [3.63, 3.8) is 0 Å². The summed E-state index contributed by atoms with van der Waals surface area (Å²) >= 11 is 0. The molecule has 0 saturated carbocycles. The maximum atomic E-state index is 12.3. The fourth-order valence-corrected chi connectivity index (χ4v) is 3.46. The van der Waals surface area contributed by atoms with E-state index in [0.29, 0.717) is 0 Å². The Morgan fingerprint density at radius 1 is 1.00 bits per heavy atom. The lowest BCUT2D eigenvalue weighted by Gasteiger charge is -2.49. The zero-order valence-corrected chi connectivity index (χ0v) is 17.2. The molecular formula is C20H29NO7. The van der Waals surface area contributed by atoms with Gasteiger partial charge in [-0.15, -0.1) is 0 Å². The van der Waals surface area contributed by atoms with Crippen LogP contribution in [-0.4, -0.2) is 46.7 Å². The number of aliphatic carboxylic acids is 2. The molecule has 4 N–H and O–H groups in total. The van der Waals surface area contributed by atoms with Crippen LogP contribution in [0.15, 0.2) is 18.2 Å². The second kappa shape index (κ2) is 8.18. The van der Waals surface area contributed by atoms with Crippen molar-refractivity contribution in [3.05, 3.63) is 23.8 Å². The Morgan fingerprint density at radius 3 is 1.93 bits per heavy atom. The first-order valence-corrected chi connectivity index (χ1v) is 8.81. The van der Waals surface area contributed by atoms with E-state index in [1.165, 1.54) is 18.2 Å². The SMILES string of the molecule is CC(C)(C)C(Oc1ccc(C(=O)CN)c(OCC(=O)O)c1)(C(=O)O)C(C)(C)C. The lowest BCUT2D eigenvalue weighted by Crippen LogP contribution is -2.63. The highest BCUT2D eigenvalue weighted by atomic mass is 16.5. The third kappa shape index (κ3) is 4.62. The van der Waals surface area contributed by atoms with Crippen LogP contribution in [0.5, 0.6) is 11.5 Å². The summed E-state index contributed by atoms with van der Waals surface area (Å²) in [7, 11) is 0. The summed E-state index contributed by atoms with van der Waals surface area (Å²) in [5.74, 6) is -2.69. The summed E-state index contributed by atoms with van der Waals surface area (Å²) < 4.78 is 11.2. The molecule has 0 amide bonds. The van der Waals surface area contributed by atoms with Crippen LogP contribution < -0.4 is 15.2 Å². The van der Waals surface area contributed by atoms with Crippen LogP contribution in [0.1, 0.15) is 51.9 Å². The Morgan fingerprint density at radius 2 is 1.54 bits per heavy atom. The van der Waals surface area contributed by atoms with Gasteiger partial charge >= 0.3 is 11.9 Å². The highest BCUT2D eigenvalue weighted by molar-refractivity contribution is 6.00. The van der Waals surface area contributed by atoms with Gasteiger partial charge in [-0.25, -0.2) is 9.59 Å². The van der Waals surface area contributed by atoms with Crippen molar-refractivity contribution in [1.29, 1.82) is 0 Å². The molecule has 1 rings (SSSR count). The number of carboxylic acids is 2. The minimum absolute atomic E-state index is 0.0301. The molecular weight excluding hydrogens is 366 g/mol. The summed E-state index contributed by atoms with van der Waals surface area (Å²) in [5.41, 5.74) is 2.27. The van der Waals surface area contributed by atoms with E-state index in [-0.39, 0.29) is 23.6 Å². The highest BCUT2D eigenvalue weighted by Gasteiger charge is 2.59. The third-order valence-electron chi connectivity index (χ3n) is 4.47. The number of carboxylic acid groups (broad SMARTS) is 2. The number of nitrogens with two attached hydrogens (primary N) is 1. The maximum Gasteiger partial charge on any atom is 0.349 e. The molecule has 8 nitrogen and oxygen atoms in total. The molecule has 1 aromatic rings. The number of benzene rings is 1. The van der Waals surface area contributed by atoms with Crippen LogP contribution in [0.2, 0.25) is 0 Å². The number of ketones is 1. The van der Waals surface area contributed by atoms with E-state index in [2.05, 4.69) is 0 Å². The van der Waals surface area contributed by atoms with Gasteiger partial charge in [-0.1, -0.05) is 41.5 Å². The summed E-state index contributed by atoms with van der Waals surface area (Å²) in [5, 5.41) is 18.9. The van der Waals surface area contributed by atoms with E-state index in [4.69, 9.17) is 20.3 Å². The number of rotatable bonds is 8. The predicted molar refractivity (Wildman–Crippen MR) is 103 cm³/mol. The average Bonchev–Trinajstić information content (AvgIpc) is 2.54. The summed E-state index contributed by atoms with van der Waals surface area (Å²) in [6.45, 7) is 9.63. The smallest absolute Gasteiger partial charge is 0.349 e. The lowest BCUT2D eigenvalue weighted by atomic mass is 9.62. The largest absolute Gasteiger partial charge is 0.481 e. The molecule has 0 aliphatic carbocycles. The Kier molecular flexibility index (Phi) is 6.84. The number of carbonyl (C=O) groups is 3. The summed E-state index contributed by atoms with van der Waals surface area (Å²) in [4.78, 5) is 35.2. The van der Waals surface area contributed by atoms with E-state index in [1.54, 1.807) is 41.5 Å². The van der Waals surface area contributed by atoms with Gasteiger partial charge in [0.15, 0.2) is 12.4 Å². The van der Waals surface area contributed by atoms with Gasteiger partial charge in [-0.3, -0.25) is 4.79 Å². The fourth-order valence-electron chi connectivity index (χ4n) is 3.46. The van der Waals surface area contributed by atoms with Gasteiger partial charge in [-0.05, 0) is 12.1 Å². The monoisotopic (exact) mass is 395 g/mol. The van der Waals surface area contributed by atoms with E-state index in [0.717, 1.165) is 0 Å². The molecule has 0 fully saturated rings. The molecule has 0 spiro atoms. The minimum atomic E-state index is -1.62. The Bertz CT molecular complexity index is 743. The van der Waals surface area contributed by atoms with Crippen molar-refractivity contribution < 1.29 is 34.1 Å². The first kappa shape index (κ1) is 23.4. The first-order valence-electron chi connectivity index (χ1n) is 8.81. The van der Waals surface area contributed by atoms with Gasteiger partial charge < -0.3 is 25.4 Å². The number of hydrogen-bond donors (Lipinski definition) is 3. The zero-order chi connectivity index (χ0) is 21.9.